The van der Waals surface area contributed by atoms with Crippen molar-refractivity contribution >= 4 is 17.2 Å². The van der Waals surface area contributed by atoms with Gasteiger partial charge >= 0.3 is 0 Å². The monoisotopic (exact) mass is 329 g/mol. The lowest BCUT2D eigenvalue weighted by Crippen LogP contribution is -2.48. The van der Waals surface area contributed by atoms with Crippen LogP contribution in [0.2, 0.25) is 0 Å². The van der Waals surface area contributed by atoms with Crippen molar-refractivity contribution in [2.75, 3.05) is 13.1 Å². The summed E-state index contributed by atoms with van der Waals surface area (Å²) in [7, 11) is 0. The molecule has 1 aliphatic rings. The van der Waals surface area contributed by atoms with Crippen molar-refractivity contribution in [2.24, 2.45) is 11.7 Å². The van der Waals surface area contributed by atoms with Crippen molar-refractivity contribution in [3.05, 3.63) is 40.3 Å². The third-order valence-corrected chi connectivity index (χ3v) is 5.39. The van der Waals surface area contributed by atoms with Gasteiger partial charge in [-0.25, -0.2) is 0 Å². The first-order chi connectivity index (χ1) is 11.1. The van der Waals surface area contributed by atoms with Crippen LogP contribution in [0.15, 0.2) is 29.9 Å². The zero-order chi connectivity index (χ0) is 16.4. The molecular weight excluding hydrogens is 306 g/mol. The second-order valence-corrected chi connectivity index (χ2v) is 7.35. The zero-order valence-corrected chi connectivity index (χ0v) is 14.5. The number of rotatable bonds is 5. The molecule has 2 aromatic heterocycles. The third-order valence-electron chi connectivity index (χ3n) is 4.38. The SMILES string of the molecule is CC(C)C[C@H](CN)N1CCc2c(-c3cccnc3)csc2C1=O. The van der Waals surface area contributed by atoms with Crippen LogP contribution in [0, 0.1) is 5.92 Å². The summed E-state index contributed by atoms with van der Waals surface area (Å²) in [5.74, 6) is 0.675. The lowest BCUT2D eigenvalue weighted by Gasteiger charge is -2.35. The normalized spacial score (nSPS) is 15.8. The Balaban J connectivity index is 1.89. The highest BCUT2D eigenvalue weighted by molar-refractivity contribution is 7.12. The molecule has 2 aromatic rings. The molecule has 4 nitrogen and oxygen atoms in total. The van der Waals surface area contributed by atoms with Gasteiger partial charge in [0.15, 0.2) is 0 Å². The molecule has 0 spiro atoms. The first kappa shape index (κ1) is 16.1. The van der Waals surface area contributed by atoms with Crippen molar-refractivity contribution in [3.8, 4) is 11.1 Å². The van der Waals surface area contributed by atoms with Crippen LogP contribution in [0.1, 0.15) is 35.5 Å². The van der Waals surface area contributed by atoms with Crippen LogP contribution in [-0.4, -0.2) is 34.9 Å². The molecule has 0 radical (unpaired) electrons. The molecule has 0 bridgehead atoms. The maximum atomic E-state index is 12.9. The van der Waals surface area contributed by atoms with E-state index >= 15 is 0 Å². The Bertz CT molecular complexity index is 681. The van der Waals surface area contributed by atoms with Crippen LogP contribution >= 0.6 is 11.3 Å². The quantitative estimate of drug-likeness (QED) is 0.916. The molecular formula is C18H23N3OS. The number of nitrogens with two attached hydrogens (primary N) is 1. The van der Waals surface area contributed by atoms with E-state index in [-0.39, 0.29) is 11.9 Å². The van der Waals surface area contributed by atoms with Crippen LogP contribution < -0.4 is 5.73 Å². The molecule has 0 aliphatic carbocycles. The average molecular weight is 329 g/mol. The van der Waals surface area contributed by atoms with Gasteiger partial charge in [-0.2, -0.15) is 0 Å². The number of hydrogen-bond acceptors (Lipinski definition) is 4. The maximum absolute atomic E-state index is 12.9. The second kappa shape index (κ2) is 6.81. The van der Waals surface area contributed by atoms with Gasteiger partial charge in [0.25, 0.3) is 5.91 Å². The van der Waals surface area contributed by atoms with Crippen LogP contribution in [0.4, 0.5) is 0 Å². The Morgan fingerprint density at radius 3 is 2.91 bits per heavy atom. The van der Waals surface area contributed by atoms with E-state index in [9.17, 15) is 4.79 Å². The standard InChI is InChI=1S/C18H23N3OS/c1-12(2)8-14(9-19)21-7-5-15-16(11-23-17(15)18(21)22)13-4-3-6-20-10-13/h3-4,6,10-12,14H,5,7-9,19H2,1-2H3/t14-/m1/s1. The van der Waals surface area contributed by atoms with E-state index in [0.29, 0.717) is 12.5 Å². The van der Waals surface area contributed by atoms with Gasteiger partial charge in [-0.05, 0) is 41.3 Å². The van der Waals surface area contributed by atoms with Gasteiger partial charge in [0.2, 0.25) is 0 Å². The topological polar surface area (TPSA) is 59.2 Å². The van der Waals surface area contributed by atoms with E-state index in [4.69, 9.17) is 5.73 Å². The van der Waals surface area contributed by atoms with Crippen LogP contribution in [0.25, 0.3) is 11.1 Å². The molecule has 3 rings (SSSR count). The molecule has 0 saturated heterocycles. The summed E-state index contributed by atoms with van der Waals surface area (Å²) in [4.78, 5) is 19.9. The number of fused-ring (bicyclic) bond motifs is 1. The molecule has 1 aliphatic heterocycles. The summed E-state index contributed by atoms with van der Waals surface area (Å²) in [6, 6.07) is 4.12. The molecule has 0 saturated carbocycles. The smallest absolute Gasteiger partial charge is 0.264 e. The fraction of sp³-hybridized carbons (Fsp3) is 0.444. The predicted octanol–water partition coefficient (Wildman–Crippen LogP) is 3.18. The first-order valence-electron chi connectivity index (χ1n) is 8.13. The fourth-order valence-electron chi connectivity index (χ4n) is 3.28. The van der Waals surface area contributed by atoms with Crippen molar-refractivity contribution in [2.45, 2.75) is 32.7 Å². The second-order valence-electron chi connectivity index (χ2n) is 6.47. The van der Waals surface area contributed by atoms with Gasteiger partial charge < -0.3 is 10.6 Å². The number of aromatic nitrogens is 1. The minimum absolute atomic E-state index is 0.139. The summed E-state index contributed by atoms with van der Waals surface area (Å²) in [6.45, 7) is 5.63. The number of carbonyl (C=O) groups is 1. The van der Waals surface area contributed by atoms with E-state index in [2.05, 4.69) is 24.2 Å². The van der Waals surface area contributed by atoms with Gasteiger partial charge in [0.1, 0.15) is 0 Å². The van der Waals surface area contributed by atoms with Crippen molar-refractivity contribution in [1.82, 2.24) is 9.88 Å². The highest BCUT2D eigenvalue weighted by Gasteiger charge is 2.32. The molecule has 0 fully saturated rings. The minimum Gasteiger partial charge on any atom is -0.333 e. The van der Waals surface area contributed by atoms with Gasteiger partial charge in [-0.3, -0.25) is 9.78 Å². The molecule has 2 N–H and O–H groups in total. The van der Waals surface area contributed by atoms with Gasteiger partial charge in [0, 0.05) is 37.1 Å². The summed E-state index contributed by atoms with van der Waals surface area (Å²) in [5, 5.41) is 2.09. The molecule has 0 aromatic carbocycles. The number of thiophene rings is 1. The molecule has 5 heteroatoms. The highest BCUT2D eigenvalue weighted by atomic mass is 32.1. The average Bonchev–Trinajstić information content (AvgIpc) is 2.99. The number of pyridine rings is 1. The molecule has 1 amide bonds. The number of amides is 1. The Morgan fingerprint density at radius 2 is 2.26 bits per heavy atom. The largest absolute Gasteiger partial charge is 0.333 e. The van der Waals surface area contributed by atoms with E-state index in [1.165, 1.54) is 5.56 Å². The third kappa shape index (κ3) is 3.16. The summed E-state index contributed by atoms with van der Waals surface area (Å²) in [5.41, 5.74) is 9.34. The zero-order valence-electron chi connectivity index (χ0n) is 13.7. The molecule has 122 valence electrons. The molecule has 23 heavy (non-hydrogen) atoms. The Labute approximate surface area is 141 Å². The summed E-state index contributed by atoms with van der Waals surface area (Å²) < 4.78 is 0. The lowest BCUT2D eigenvalue weighted by molar-refractivity contribution is 0.0650. The number of nitrogens with zero attached hydrogens (tertiary/aromatic N) is 2. The van der Waals surface area contributed by atoms with E-state index in [1.807, 2.05) is 23.2 Å². The fourth-order valence-corrected chi connectivity index (χ4v) is 4.37. The highest BCUT2D eigenvalue weighted by Crippen LogP contribution is 2.35. The first-order valence-corrected chi connectivity index (χ1v) is 9.01. The van der Waals surface area contributed by atoms with E-state index < -0.39 is 0 Å². The maximum Gasteiger partial charge on any atom is 0.264 e. The predicted molar refractivity (Wildman–Crippen MR) is 94.6 cm³/mol. The van der Waals surface area contributed by atoms with E-state index in [1.54, 1.807) is 17.5 Å². The minimum atomic E-state index is 0.139. The van der Waals surface area contributed by atoms with Crippen molar-refractivity contribution in [3.63, 3.8) is 0 Å². The molecule has 1 atom stereocenters. The number of carbonyl (C=O) groups excluding carboxylic acids is 1. The van der Waals surface area contributed by atoms with Gasteiger partial charge in [0.05, 0.1) is 4.88 Å². The van der Waals surface area contributed by atoms with E-state index in [0.717, 1.165) is 35.4 Å². The van der Waals surface area contributed by atoms with Crippen LogP contribution in [0.3, 0.4) is 0 Å². The van der Waals surface area contributed by atoms with Crippen molar-refractivity contribution in [1.29, 1.82) is 0 Å². The molecule has 3 heterocycles. The number of hydrogen-bond donors (Lipinski definition) is 1. The van der Waals surface area contributed by atoms with Gasteiger partial charge in [-0.15, -0.1) is 11.3 Å². The van der Waals surface area contributed by atoms with Crippen LogP contribution in [0.5, 0.6) is 0 Å². The summed E-state index contributed by atoms with van der Waals surface area (Å²) >= 11 is 1.55. The summed E-state index contributed by atoms with van der Waals surface area (Å²) in [6.07, 6.45) is 5.48. The van der Waals surface area contributed by atoms with Crippen LogP contribution in [-0.2, 0) is 6.42 Å². The Hall–Kier alpha value is -1.72. The lowest BCUT2D eigenvalue weighted by atomic mass is 9.95. The Kier molecular flexibility index (Phi) is 4.78. The molecule has 0 unspecified atom stereocenters. The van der Waals surface area contributed by atoms with Gasteiger partial charge in [-0.1, -0.05) is 19.9 Å². The van der Waals surface area contributed by atoms with Crippen molar-refractivity contribution < 1.29 is 4.79 Å². The Morgan fingerprint density at radius 1 is 1.43 bits per heavy atom.